The molecule has 10 nitrogen and oxygen atoms in total. The van der Waals surface area contributed by atoms with Gasteiger partial charge >= 0.3 is 7.82 Å². The highest BCUT2D eigenvalue weighted by molar-refractivity contribution is 7.47. The van der Waals surface area contributed by atoms with Crippen LogP contribution in [0.2, 0.25) is 0 Å². The van der Waals surface area contributed by atoms with Crippen LogP contribution in [0, 0.1) is 0 Å². The van der Waals surface area contributed by atoms with E-state index in [1.165, 1.54) is 6.92 Å². The van der Waals surface area contributed by atoms with Crippen LogP contribution in [-0.2, 0) is 13.6 Å². The van der Waals surface area contributed by atoms with Crippen LogP contribution >= 0.6 is 7.82 Å². The van der Waals surface area contributed by atoms with Crippen LogP contribution in [0.25, 0.3) is 0 Å². The Hall–Kier alpha value is -0.130. The number of hydrogen-bond donors (Lipinski definition) is 7. The smallest absolute Gasteiger partial charge is 0.391 e. The van der Waals surface area contributed by atoms with Crippen LogP contribution in [0.1, 0.15) is 6.92 Å². The predicted molar refractivity (Wildman–Crippen MR) is 62.4 cm³/mol. The second kappa shape index (κ2) is 6.75. The quantitative estimate of drug-likeness (QED) is 0.254. The summed E-state index contributed by atoms with van der Waals surface area (Å²) in [6.07, 6.45) is -12.3. The molecule has 20 heavy (non-hydrogen) atoms. The van der Waals surface area contributed by atoms with E-state index in [-0.39, 0.29) is 0 Å². The molecular formula is C9H19O10P. The van der Waals surface area contributed by atoms with E-state index in [0.29, 0.717) is 0 Å². The summed E-state index contributed by atoms with van der Waals surface area (Å²) in [6.45, 7) is 0.745. The fourth-order valence-corrected chi connectivity index (χ4v) is 2.73. The van der Waals surface area contributed by atoms with Crippen molar-refractivity contribution in [1.82, 2.24) is 0 Å². The lowest BCUT2D eigenvalue weighted by molar-refractivity contribution is -0.220. The Bertz CT molecular complexity index is 347. The SMILES string of the molecule is C[C@H](O)COP(=O)(O)OC1[C@H](O)[C@H](O)C(O)[C@H](O)[C@H]1O. The van der Waals surface area contributed by atoms with Crippen molar-refractivity contribution in [2.75, 3.05) is 6.61 Å². The Morgan fingerprint density at radius 2 is 1.40 bits per heavy atom. The van der Waals surface area contributed by atoms with Crippen LogP contribution in [0.4, 0.5) is 0 Å². The van der Waals surface area contributed by atoms with Gasteiger partial charge in [-0.1, -0.05) is 0 Å². The first-order chi connectivity index (χ1) is 9.07. The number of rotatable bonds is 5. The van der Waals surface area contributed by atoms with Crippen molar-refractivity contribution in [3.8, 4) is 0 Å². The summed E-state index contributed by atoms with van der Waals surface area (Å²) in [7, 11) is -4.75. The van der Waals surface area contributed by atoms with Gasteiger partial charge in [-0.3, -0.25) is 9.05 Å². The normalized spacial score (nSPS) is 43.0. The van der Waals surface area contributed by atoms with Gasteiger partial charge in [0.15, 0.2) is 0 Å². The lowest BCUT2D eigenvalue weighted by Gasteiger charge is -2.41. The van der Waals surface area contributed by atoms with Gasteiger partial charge in [0.25, 0.3) is 0 Å². The van der Waals surface area contributed by atoms with Crippen LogP contribution in [-0.4, -0.2) is 84.9 Å². The summed E-state index contributed by atoms with van der Waals surface area (Å²) in [4.78, 5) is 9.34. The standard InChI is InChI=1S/C9H19O10P/c1-3(10)2-18-20(16,17)19-9-7(14)5(12)4(11)6(13)8(9)15/h3-15H,2H2,1H3,(H,16,17)/t3-,4?,5-,6+,7+,8+,9?/m0/s1. The number of phosphoric ester groups is 1. The minimum Gasteiger partial charge on any atom is -0.391 e. The maximum Gasteiger partial charge on any atom is 0.472 e. The molecular weight excluding hydrogens is 299 g/mol. The molecule has 0 aromatic heterocycles. The lowest BCUT2D eigenvalue weighted by Crippen LogP contribution is -2.64. The van der Waals surface area contributed by atoms with Crippen molar-refractivity contribution in [2.24, 2.45) is 0 Å². The van der Waals surface area contributed by atoms with E-state index in [1.54, 1.807) is 0 Å². The van der Waals surface area contributed by atoms with Crippen molar-refractivity contribution < 1.29 is 49.1 Å². The first kappa shape index (κ1) is 17.9. The Kier molecular flexibility index (Phi) is 6.05. The van der Waals surface area contributed by atoms with Crippen molar-refractivity contribution in [2.45, 2.75) is 49.7 Å². The minimum absolute atomic E-state index is 0.541. The molecule has 1 aliphatic carbocycles. The second-order valence-corrected chi connectivity index (χ2v) is 6.04. The number of hydrogen-bond acceptors (Lipinski definition) is 9. The third kappa shape index (κ3) is 4.18. The van der Waals surface area contributed by atoms with Crippen molar-refractivity contribution >= 4 is 7.82 Å². The molecule has 0 heterocycles. The Labute approximate surface area is 114 Å². The minimum atomic E-state index is -4.75. The van der Waals surface area contributed by atoms with E-state index in [2.05, 4.69) is 9.05 Å². The number of aliphatic hydroxyl groups excluding tert-OH is 6. The Balaban J connectivity index is 2.76. The van der Waals surface area contributed by atoms with Gasteiger partial charge in [0, 0.05) is 0 Å². The summed E-state index contributed by atoms with van der Waals surface area (Å²) >= 11 is 0. The van der Waals surface area contributed by atoms with E-state index in [9.17, 15) is 35.0 Å². The molecule has 1 fully saturated rings. The summed E-state index contributed by atoms with van der Waals surface area (Å²) in [5.74, 6) is 0. The molecule has 7 N–H and O–H groups in total. The van der Waals surface area contributed by atoms with Crippen LogP contribution in [0.15, 0.2) is 0 Å². The average molecular weight is 318 g/mol. The third-order valence-corrected chi connectivity index (χ3v) is 3.79. The molecule has 0 spiro atoms. The van der Waals surface area contributed by atoms with Gasteiger partial charge in [0.1, 0.15) is 36.6 Å². The van der Waals surface area contributed by atoms with Crippen LogP contribution < -0.4 is 0 Å². The van der Waals surface area contributed by atoms with Crippen LogP contribution in [0.5, 0.6) is 0 Å². The fourth-order valence-electron chi connectivity index (χ4n) is 1.71. The van der Waals surface area contributed by atoms with E-state index < -0.39 is 57.2 Å². The molecule has 0 saturated heterocycles. The summed E-state index contributed by atoms with van der Waals surface area (Å²) in [5.41, 5.74) is 0. The molecule has 8 atom stereocenters. The molecule has 1 aliphatic rings. The zero-order chi connectivity index (χ0) is 15.7. The lowest BCUT2D eigenvalue weighted by atomic mass is 9.85. The highest BCUT2D eigenvalue weighted by Gasteiger charge is 2.51. The highest BCUT2D eigenvalue weighted by Crippen LogP contribution is 2.46. The number of phosphoric acid groups is 1. The molecule has 11 heteroatoms. The van der Waals surface area contributed by atoms with Gasteiger partial charge in [0.2, 0.25) is 0 Å². The van der Waals surface area contributed by atoms with Gasteiger partial charge in [-0.15, -0.1) is 0 Å². The molecule has 0 aromatic carbocycles. The topological polar surface area (TPSA) is 177 Å². The highest BCUT2D eigenvalue weighted by atomic mass is 31.2. The van der Waals surface area contributed by atoms with Gasteiger partial charge in [-0.25, -0.2) is 4.57 Å². The maximum atomic E-state index is 11.5. The maximum absolute atomic E-state index is 11.5. The van der Waals surface area contributed by atoms with Crippen LogP contribution in [0.3, 0.4) is 0 Å². The van der Waals surface area contributed by atoms with Crippen molar-refractivity contribution in [1.29, 1.82) is 0 Å². The molecule has 1 saturated carbocycles. The van der Waals surface area contributed by atoms with Gasteiger partial charge in [-0.2, -0.15) is 0 Å². The van der Waals surface area contributed by atoms with E-state index in [0.717, 1.165) is 0 Å². The largest absolute Gasteiger partial charge is 0.472 e. The first-order valence-electron chi connectivity index (χ1n) is 5.81. The van der Waals surface area contributed by atoms with Crippen molar-refractivity contribution in [3.63, 3.8) is 0 Å². The van der Waals surface area contributed by atoms with Crippen molar-refractivity contribution in [3.05, 3.63) is 0 Å². The van der Waals surface area contributed by atoms with E-state index >= 15 is 0 Å². The molecule has 0 aliphatic heterocycles. The first-order valence-corrected chi connectivity index (χ1v) is 7.30. The summed E-state index contributed by atoms with van der Waals surface area (Å²) in [5, 5.41) is 56.2. The monoisotopic (exact) mass is 318 g/mol. The second-order valence-electron chi connectivity index (χ2n) is 4.64. The Morgan fingerprint density at radius 1 is 1.00 bits per heavy atom. The molecule has 0 bridgehead atoms. The zero-order valence-electron chi connectivity index (χ0n) is 10.6. The van der Waals surface area contributed by atoms with Gasteiger partial charge in [-0.05, 0) is 6.92 Å². The molecule has 0 aromatic rings. The van der Waals surface area contributed by atoms with E-state index in [4.69, 9.17) is 5.11 Å². The fraction of sp³-hybridized carbons (Fsp3) is 1.00. The number of aliphatic hydroxyl groups is 6. The zero-order valence-corrected chi connectivity index (χ0v) is 11.4. The molecule has 0 radical (unpaired) electrons. The summed E-state index contributed by atoms with van der Waals surface area (Å²) in [6, 6.07) is 0. The molecule has 1 rings (SSSR count). The van der Waals surface area contributed by atoms with E-state index in [1.807, 2.05) is 0 Å². The third-order valence-electron chi connectivity index (χ3n) is 2.81. The van der Waals surface area contributed by atoms with Gasteiger partial charge in [0.05, 0.1) is 12.7 Å². The molecule has 0 amide bonds. The summed E-state index contributed by atoms with van der Waals surface area (Å²) < 4.78 is 20.4. The average Bonchev–Trinajstić information content (AvgIpc) is 2.37. The van der Waals surface area contributed by atoms with Gasteiger partial charge < -0.3 is 35.5 Å². The Morgan fingerprint density at radius 3 is 1.80 bits per heavy atom. The predicted octanol–water partition coefficient (Wildman–Crippen LogP) is -3.31. The molecule has 120 valence electrons. The molecule has 3 unspecified atom stereocenters.